The van der Waals surface area contributed by atoms with Crippen LogP contribution in [0.25, 0.3) is 0 Å². The number of ether oxygens (including phenoxy) is 1. The molecular formula is C21H24N2O4. The Morgan fingerprint density at radius 1 is 1.26 bits per heavy atom. The van der Waals surface area contributed by atoms with Crippen molar-refractivity contribution in [3.63, 3.8) is 0 Å². The number of carboxylic acid groups (broad SMARTS) is 1. The topological polar surface area (TPSA) is 79.7 Å². The molecule has 1 atom stereocenters. The molecule has 2 aromatic rings. The van der Waals surface area contributed by atoms with Gasteiger partial charge in [-0.15, -0.1) is 0 Å². The van der Waals surface area contributed by atoms with Gasteiger partial charge in [-0.2, -0.15) is 0 Å². The molecule has 1 aromatic heterocycles. The zero-order valence-electron chi connectivity index (χ0n) is 15.4. The fourth-order valence-electron chi connectivity index (χ4n) is 2.89. The quantitative estimate of drug-likeness (QED) is 0.736. The third kappa shape index (κ3) is 5.54. The van der Waals surface area contributed by atoms with E-state index in [9.17, 15) is 9.59 Å². The summed E-state index contributed by atoms with van der Waals surface area (Å²) >= 11 is 0. The Balaban J connectivity index is 1.60. The highest BCUT2D eigenvalue weighted by molar-refractivity contribution is 5.80. The lowest BCUT2D eigenvalue weighted by Gasteiger charge is -2.24. The summed E-state index contributed by atoms with van der Waals surface area (Å²) in [5, 5.41) is 9.14. The van der Waals surface area contributed by atoms with Crippen molar-refractivity contribution in [3.8, 4) is 5.75 Å². The van der Waals surface area contributed by atoms with E-state index in [0.717, 1.165) is 24.0 Å². The smallest absolute Gasteiger partial charge is 0.308 e. The number of pyridine rings is 1. The SMILES string of the molecule is CC(CN(C(=O)Cc1cccc(OCc2cccnc2)c1)C1CC1)C(=O)O. The molecule has 1 N–H and O–H groups in total. The van der Waals surface area contributed by atoms with Gasteiger partial charge in [-0.3, -0.25) is 14.6 Å². The third-order valence-corrected chi connectivity index (χ3v) is 4.58. The Morgan fingerprint density at radius 2 is 2.04 bits per heavy atom. The van der Waals surface area contributed by atoms with Gasteiger partial charge >= 0.3 is 5.97 Å². The molecule has 0 radical (unpaired) electrons. The van der Waals surface area contributed by atoms with E-state index in [-0.39, 0.29) is 24.9 Å². The number of carbonyl (C=O) groups excluding carboxylic acids is 1. The van der Waals surface area contributed by atoms with E-state index in [1.807, 2.05) is 36.4 Å². The molecule has 1 aliphatic carbocycles. The minimum Gasteiger partial charge on any atom is -0.489 e. The molecule has 0 aliphatic heterocycles. The van der Waals surface area contributed by atoms with E-state index in [1.165, 1.54) is 0 Å². The highest BCUT2D eigenvalue weighted by Crippen LogP contribution is 2.28. The van der Waals surface area contributed by atoms with E-state index >= 15 is 0 Å². The van der Waals surface area contributed by atoms with Crippen LogP contribution in [0.2, 0.25) is 0 Å². The molecule has 0 saturated heterocycles. The lowest BCUT2D eigenvalue weighted by Crippen LogP contribution is -2.39. The first-order chi connectivity index (χ1) is 13.0. The van der Waals surface area contributed by atoms with Gasteiger partial charge in [0.25, 0.3) is 0 Å². The molecule has 27 heavy (non-hydrogen) atoms. The van der Waals surface area contributed by atoms with Gasteiger partial charge in [-0.05, 0) is 36.6 Å². The molecule has 1 aliphatic rings. The highest BCUT2D eigenvalue weighted by Gasteiger charge is 2.34. The predicted molar refractivity (Wildman–Crippen MR) is 100 cm³/mol. The van der Waals surface area contributed by atoms with Crippen LogP contribution < -0.4 is 4.74 Å². The molecule has 6 nitrogen and oxygen atoms in total. The molecule has 1 saturated carbocycles. The maximum atomic E-state index is 12.7. The maximum absolute atomic E-state index is 12.7. The lowest BCUT2D eigenvalue weighted by molar-refractivity contribution is -0.143. The molecule has 3 rings (SSSR count). The average Bonchev–Trinajstić information content (AvgIpc) is 3.50. The summed E-state index contributed by atoms with van der Waals surface area (Å²) in [5.74, 6) is -0.779. The number of nitrogens with zero attached hydrogens (tertiary/aromatic N) is 2. The lowest BCUT2D eigenvalue weighted by atomic mass is 10.1. The van der Waals surface area contributed by atoms with E-state index in [4.69, 9.17) is 9.84 Å². The van der Waals surface area contributed by atoms with Crippen LogP contribution in [0.1, 0.15) is 30.9 Å². The second kappa shape index (κ2) is 8.66. The Kier molecular flexibility index (Phi) is 6.06. The summed E-state index contributed by atoms with van der Waals surface area (Å²) in [5.41, 5.74) is 1.83. The van der Waals surface area contributed by atoms with Crippen LogP contribution in [0.15, 0.2) is 48.8 Å². The molecule has 1 aromatic carbocycles. The molecule has 1 unspecified atom stereocenters. The normalized spacial score (nSPS) is 14.4. The van der Waals surface area contributed by atoms with Gasteiger partial charge in [0, 0.05) is 30.5 Å². The fourth-order valence-corrected chi connectivity index (χ4v) is 2.89. The summed E-state index contributed by atoms with van der Waals surface area (Å²) in [7, 11) is 0. The predicted octanol–water partition coefficient (Wildman–Crippen LogP) is 2.91. The van der Waals surface area contributed by atoms with Gasteiger partial charge in [0.1, 0.15) is 12.4 Å². The van der Waals surface area contributed by atoms with Crippen molar-refractivity contribution in [2.24, 2.45) is 5.92 Å². The van der Waals surface area contributed by atoms with Gasteiger partial charge in [0.15, 0.2) is 0 Å². The standard InChI is InChI=1S/C21H24N2O4/c1-15(21(25)26)13-23(18-7-8-18)20(24)11-16-4-2-6-19(10-16)27-14-17-5-3-9-22-12-17/h2-6,9-10,12,15,18H,7-8,11,13-14H2,1H3,(H,25,26). The first kappa shape index (κ1) is 18.9. The summed E-state index contributed by atoms with van der Waals surface area (Å²) in [6.45, 7) is 2.31. The Labute approximate surface area is 158 Å². The van der Waals surface area contributed by atoms with Crippen molar-refractivity contribution < 1.29 is 19.4 Å². The van der Waals surface area contributed by atoms with Gasteiger partial charge in [0.2, 0.25) is 5.91 Å². The van der Waals surface area contributed by atoms with Crippen LogP contribution in [0.3, 0.4) is 0 Å². The third-order valence-electron chi connectivity index (χ3n) is 4.58. The van der Waals surface area contributed by atoms with Crippen molar-refractivity contribution >= 4 is 11.9 Å². The number of hydrogen-bond acceptors (Lipinski definition) is 4. The van der Waals surface area contributed by atoms with Crippen molar-refractivity contribution in [1.29, 1.82) is 0 Å². The van der Waals surface area contributed by atoms with Gasteiger partial charge in [-0.25, -0.2) is 0 Å². The van der Waals surface area contributed by atoms with Gasteiger partial charge < -0.3 is 14.7 Å². The first-order valence-corrected chi connectivity index (χ1v) is 9.16. The number of hydrogen-bond donors (Lipinski definition) is 1. The average molecular weight is 368 g/mol. The van der Waals surface area contributed by atoms with E-state index in [0.29, 0.717) is 12.4 Å². The Bertz CT molecular complexity index is 790. The number of aromatic nitrogens is 1. The van der Waals surface area contributed by atoms with Crippen molar-refractivity contribution in [3.05, 3.63) is 59.9 Å². The van der Waals surface area contributed by atoms with Crippen LogP contribution in [0, 0.1) is 5.92 Å². The fraction of sp³-hybridized carbons (Fsp3) is 0.381. The Morgan fingerprint density at radius 3 is 2.70 bits per heavy atom. The van der Waals surface area contributed by atoms with E-state index in [1.54, 1.807) is 24.2 Å². The van der Waals surface area contributed by atoms with Crippen LogP contribution in [0.5, 0.6) is 5.75 Å². The van der Waals surface area contributed by atoms with Crippen molar-refractivity contribution in [1.82, 2.24) is 9.88 Å². The van der Waals surface area contributed by atoms with Gasteiger partial charge in [-0.1, -0.05) is 25.1 Å². The number of amides is 1. The van der Waals surface area contributed by atoms with Crippen LogP contribution >= 0.6 is 0 Å². The molecule has 0 spiro atoms. The number of benzene rings is 1. The second-order valence-corrected chi connectivity index (χ2v) is 6.99. The summed E-state index contributed by atoms with van der Waals surface area (Å²) in [6.07, 6.45) is 5.61. The monoisotopic (exact) mass is 368 g/mol. The Hall–Kier alpha value is -2.89. The molecule has 1 heterocycles. The second-order valence-electron chi connectivity index (χ2n) is 6.99. The summed E-state index contributed by atoms with van der Waals surface area (Å²) in [6, 6.07) is 11.5. The number of rotatable bonds is 9. The van der Waals surface area contributed by atoms with E-state index in [2.05, 4.69) is 4.98 Å². The maximum Gasteiger partial charge on any atom is 0.308 e. The van der Waals surface area contributed by atoms with Gasteiger partial charge in [0.05, 0.1) is 12.3 Å². The summed E-state index contributed by atoms with van der Waals surface area (Å²) < 4.78 is 5.79. The number of carboxylic acids is 1. The molecule has 1 fully saturated rings. The summed E-state index contributed by atoms with van der Waals surface area (Å²) in [4.78, 5) is 29.6. The minimum atomic E-state index is -0.876. The molecule has 6 heteroatoms. The van der Waals surface area contributed by atoms with Crippen LogP contribution in [0.4, 0.5) is 0 Å². The van der Waals surface area contributed by atoms with Crippen LogP contribution in [-0.4, -0.2) is 39.5 Å². The van der Waals surface area contributed by atoms with E-state index < -0.39 is 11.9 Å². The number of carbonyl (C=O) groups is 2. The molecule has 1 amide bonds. The molecule has 142 valence electrons. The largest absolute Gasteiger partial charge is 0.489 e. The van der Waals surface area contributed by atoms with Crippen molar-refractivity contribution in [2.75, 3.05) is 6.54 Å². The zero-order chi connectivity index (χ0) is 19.2. The van der Waals surface area contributed by atoms with Crippen LogP contribution in [-0.2, 0) is 22.6 Å². The van der Waals surface area contributed by atoms with Crippen molar-refractivity contribution in [2.45, 2.75) is 38.8 Å². The minimum absolute atomic E-state index is 0.0324. The highest BCUT2D eigenvalue weighted by atomic mass is 16.5. The zero-order valence-corrected chi connectivity index (χ0v) is 15.4. The molecule has 0 bridgehead atoms. The first-order valence-electron chi connectivity index (χ1n) is 9.16. The number of aliphatic carboxylic acids is 1. The molecular weight excluding hydrogens is 344 g/mol.